The van der Waals surface area contributed by atoms with E-state index in [1.807, 2.05) is 0 Å². The minimum Gasteiger partial charge on any atom is -0.497 e. The highest BCUT2D eigenvalue weighted by atomic mass is 32.2. The monoisotopic (exact) mass is 428 g/mol. The molecule has 1 atom stereocenters. The van der Waals surface area contributed by atoms with E-state index in [2.05, 4.69) is 15.5 Å². The third kappa shape index (κ3) is 4.85. The number of amides is 1. The summed E-state index contributed by atoms with van der Waals surface area (Å²) in [6.45, 7) is 1.73. The highest BCUT2D eigenvalue weighted by molar-refractivity contribution is 7.99. The van der Waals surface area contributed by atoms with Gasteiger partial charge in [-0.25, -0.2) is 4.39 Å². The van der Waals surface area contributed by atoms with Crippen LogP contribution in [0.3, 0.4) is 0 Å². The third-order valence-corrected chi connectivity index (χ3v) is 5.47. The molecule has 9 heteroatoms. The highest BCUT2D eigenvalue weighted by Gasteiger charge is 2.20. The second kappa shape index (κ2) is 9.53. The Balaban J connectivity index is 1.64. The predicted molar refractivity (Wildman–Crippen MR) is 111 cm³/mol. The normalized spacial score (nSPS) is 11.7. The number of nitrogens with one attached hydrogen (secondary N) is 1. The van der Waals surface area contributed by atoms with Gasteiger partial charge in [-0.05, 0) is 31.2 Å². The summed E-state index contributed by atoms with van der Waals surface area (Å²) in [7, 11) is 3.30. The van der Waals surface area contributed by atoms with Crippen molar-refractivity contribution >= 4 is 23.5 Å². The molecule has 0 fully saturated rings. The first kappa shape index (κ1) is 21.5. The fourth-order valence-corrected chi connectivity index (χ4v) is 3.64. The molecule has 0 radical (unpaired) electrons. The van der Waals surface area contributed by atoms with Crippen LogP contribution >= 0.6 is 11.8 Å². The Morgan fingerprint density at radius 1 is 1.20 bits per heavy atom. The van der Waals surface area contributed by atoms with Crippen molar-refractivity contribution in [2.24, 2.45) is 7.05 Å². The summed E-state index contributed by atoms with van der Waals surface area (Å²) in [4.78, 5) is 24.8. The van der Waals surface area contributed by atoms with Crippen LogP contribution in [0.15, 0.2) is 53.7 Å². The van der Waals surface area contributed by atoms with Crippen molar-refractivity contribution in [3.63, 3.8) is 0 Å². The molecule has 1 unspecified atom stereocenters. The third-order valence-electron chi connectivity index (χ3n) is 4.45. The summed E-state index contributed by atoms with van der Waals surface area (Å²) in [6, 6.07) is 12.2. The first-order chi connectivity index (χ1) is 14.4. The van der Waals surface area contributed by atoms with Gasteiger partial charge in [-0.15, -0.1) is 10.2 Å². The zero-order valence-corrected chi connectivity index (χ0v) is 17.6. The van der Waals surface area contributed by atoms with Crippen LogP contribution in [0.25, 0.3) is 0 Å². The number of aromatic nitrogens is 3. The molecule has 0 saturated carbocycles. The van der Waals surface area contributed by atoms with Gasteiger partial charge < -0.3 is 14.6 Å². The number of halogens is 1. The maximum absolute atomic E-state index is 13.8. The first-order valence-electron chi connectivity index (χ1n) is 9.15. The van der Waals surface area contributed by atoms with E-state index in [1.165, 1.54) is 30.0 Å². The van der Waals surface area contributed by atoms with Gasteiger partial charge in [-0.2, -0.15) is 0 Å². The fourth-order valence-electron chi connectivity index (χ4n) is 2.82. The summed E-state index contributed by atoms with van der Waals surface area (Å²) in [6.07, 6.45) is 0. The number of hydrogen-bond donors (Lipinski definition) is 1. The molecule has 7 nitrogen and oxygen atoms in total. The van der Waals surface area contributed by atoms with Crippen LogP contribution in [0.4, 0.5) is 4.39 Å². The number of carbonyl (C=O) groups is 2. The Morgan fingerprint density at radius 3 is 2.70 bits per heavy atom. The summed E-state index contributed by atoms with van der Waals surface area (Å²) < 4.78 is 20.7. The van der Waals surface area contributed by atoms with Gasteiger partial charge in [-0.3, -0.25) is 9.59 Å². The molecule has 1 N–H and O–H groups in total. The number of ketones is 1. The van der Waals surface area contributed by atoms with E-state index in [1.54, 1.807) is 56.0 Å². The Bertz CT molecular complexity index is 1070. The lowest BCUT2D eigenvalue weighted by Crippen LogP contribution is -2.29. The van der Waals surface area contributed by atoms with Gasteiger partial charge >= 0.3 is 0 Å². The van der Waals surface area contributed by atoms with Crippen molar-refractivity contribution in [1.29, 1.82) is 0 Å². The van der Waals surface area contributed by atoms with E-state index in [-0.39, 0.29) is 17.1 Å². The van der Waals surface area contributed by atoms with E-state index in [0.29, 0.717) is 22.3 Å². The van der Waals surface area contributed by atoms with E-state index >= 15 is 0 Å². The largest absolute Gasteiger partial charge is 0.497 e. The molecular weight excluding hydrogens is 407 g/mol. The second-order valence-corrected chi connectivity index (χ2v) is 7.46. The SMILES string of the molecule is COc1cccc(C(=O)CSc2nnc(C(C)NC(=O)c3ccccc3F)n2C)c1. The number of ether oxygens (including phenoxy) is 1. The van der Waals surface area contributed by atoms with Gasteiger partial charge in [0, 0.05) is 12.6 Å². The molecule has 1 heterocycles. The minimum atomic E-state index is -0.590. The van der Waals surface area contributed by atoms with Gasteiger partial charge in [0.05, 0.1) is 24.5 Å². The van der Waals surface area contributed by atoms with E-state index in [9.17, 15) is 14.0 Å². The highest BCUT2D eigenvalue weighted by Crippen LogP contribution is 2.22. The molecule has 156 valence electrons. The van der Waals surface area contributed by atoms with Crippen molar-refractivity contribution in [3.8, 4) is 5.75 Å². The van der Waals surface area contributed by atoms with E-state index in [4.69, 9.17) is 4.74 Å². The van der Waals surface area contributed by atoms with Crippen LogP contribution in [0.1, 0.15) is 39.5 Å². The van der Waals surface area contributed by atoms with Crippen LogP contribution in [-0.2, 0) is 7.05 Å². The Labute approximate surface area is 177 Å². The number of thioether (sulfide) groups is 1. The molecule has 0 bridgehead atoms. The van der Waals surface area contributed by atoms with Crippen molar-refractivity contribution in [2.45, 2.75) is 18.1 Å². The van der Waals surface area contributed by atoms with Crippen LogP contribution in [0.5, 0.6) is 5.75 Å². The Morgan fingerprint density at radius 2 is 1.97 bits per heavy atom. The molecule has 1 amide bonds. The number of carbonyl (C=O) groups excluding carboxylic acids is 2. The zero-order valence-electron chi connectivity index (χ0n) is 16.8. The number of nitrogens with zero attached hydrogens (tertiary/aromatic N) is 3. The van der Waals surface area contributed by atoms with Crippen molar-refractivity contribution in [1.82, 2.24) is 20.1 Å². The summed E-state index contributed by atoms with van der Waals surface area (Å²) in [5.74, 6) is 0.0971. The minimum absolute atomic E-state index is 0.0370. The Hall–Kier alpha value is -3.20. The van der Waals surface area contributed by atoms with Gasteiger partial charge in [0.1, 0.15) is 11.6 Å². The van der Waals surface area contributed by atoms with Gasteiger partial charge in [0.15, 0.2) is 16.8 Å². The number of benzene rings is 2. The van der Waals surface area contributed by atoms with E-state index in [0.717, 1.165) is 0 Å². The molecule has 3 rings (SSSR count). The van der Waals surface area contributed by atoms with Gasteiger partial charge in [0.2, 0.25) is 0 Å². The molecule has 0 saturated heterocycles. The molecule has 0 aliphatic heterocycles. The average Bonchev–Trinajstić information content (AvgIpc) is 3.12. The maximum Gasteiger partial charge on any atom is 0.254 e. The van der Waals surface area contributed by atoms with Crippen LogP contribution in [-0.4, -0.2) is 39.3 Å². The van der Waals surface area contributed by atoms with Crippen molar-refractivity contribution in [2.75, 3.05) is 12.9 Å². The lowest BCUT2D eigenvalue weighted by atomic mass is 10.1. The second-order valence-electron chi connectivity index (χ2n) is 6.52. The van der Waals surface area contributed by atoms with Gasteiger partial charge in [0.25, 0.3) is 5.91 Å². The fraction of sp³-hybridized carbons (Fsp3) is 0.238. The molecule has 1 aromatic heterocycles. The molecule has 0 spiro atoms. The van der Waals surface area contributed by atoms with Crippen molar-refractivity contribution < 1.29 is 18.7 Å². The topological polar surface area (TPSA) is 86.1 Å². The molecule has 2 aromatic carbocycles. The van der Waals surface area contributed by atoms with Gasteiger partial charge in [-0.1, -0.05) is 36.0 Å². The summed E-state index contributed by atoms with van der Waals surface area (Å²) >= 11 is 1.25. The lowest BCUT2D eigenvalue weighted by Gasteiger charge is -2.14. The van der Waals surface area contributed by atoms with Crippen molar-refractivity contribution in [3.05, 3.63) is 71.3 Å². The molecule has 30 heavy (non-hydrogen) atoms. The molecule has 0 aliphatic rings. The Kier molecular flexibility index (Phi) is 6.83. The molecule has 0 aliphatic carbocycles. The number of hydrogen-bond acceptors (Lipinski definition) is 6. The van der Waals surface area contributed by atoms with E-state index < -0.39 is 17.8 Å². The smallest absolute Gasteiger partial charge is 0.254 e. The van der Waals surface area contributed by atoms with Crippen LogP contribution in [0.2, 0.25) is 0 Å². The number of methoxy groups -OCH3 is 1. The quantitative estimate of drug-likeness (QED) is 0.437. The lowest BCUT2D eigenvalue weighted by molar-refractivity contribution is 0.0933. The first-order valence-corrected chi connectivity index (χ1v) is 10.1. The van der Waals surface area contributed by atoms with Crippen LogP contribution in [0, 0.1) is 5.82 Å². The maximum atomic E-state index is 13.8. The zero-order chi connectivity index (χ0) is 21.7. The van der Waals surface area contributed by atoms with Crippen LogP contribution < -0.4 is 10.1 Å². The molecule has 3 aromatic rings. The average molecular weight is 428 g/mol. The standard InChI is InChI=1S/C21H21FN4O3S/c1-13(23-20(28)16-9-4-5-10-17(16)22)19-24-25-21(26(19)2)30-12-18(27)14-7-6-8-15(11-14)29-3/h4-11,13H,12H2,1-3H3,(H,23,28). The summed E-state index contributed by atoms with van der Waals surface area (Å²) in [5, 5.41) is 11.5. The molecular formula is C21H21FN4O3S. The predicted octanol–water partition coefficient (Wildman–Crippen LogP) is 3.43. The number of rotatable bonds is 8. The number of Topliss-reactive ketones (excluding diaryl/α,β-unsaturated/α-hetero) is 1. The summed E-state index contributed by atoms with van der Waals surface area (Å²) in [5.41, 5.74) is 0.514.